The largest absolute Gasteiger partial charge is 0.321 e. The maximum Gasteiger partial charge on any atom is 0.265 e. The second kappa shape index (κ2) is 5.88. The maximum atomic E-state index is 12.6. The van der Waals surface area contributed by atoms with Gasteiger partial charge in [-0.1, -0.05) is 39.0 Å². The number of nitrogens with one attached hydrogen (secondary N) is 1. The van der Waals surface area contributed by atoms with Gasteiger partial charge >= 0.3 is 0 Å². The van der Waals surface area contributed by atoms with E-state index in [9.17, 15) is 4.79 Å². The van der Waals surface area contributed by atoms with Gasteiger partial charge in [0.15, 0.2) is 0 Å². The molecule has 1 heterocycles. The highest BCUT2D eigenvalue weighted by molar-refractivity contribution is 7.14. The quantitative estimate of drug-likeness (QED) is 0.813. The molecule has 3 heteroatoms. The van der Waals surface area contributed by atoms with Gasteiger partial charge in [0, 0.05) is 10.6 Å². The van der Waals surface area contributed by atoms with E-state index >= 15 is 0 Å². The molecule has 0 saturated carbocycles. The molecule has 1 aliphatic rings. The lowest BCUT2D eigenvalue weighted by Gasteiger charge is -2.22. The van der Waals surface area contributed by atoms with E-state index < -0.39 is 0 Å². The first-order valence-electron chi connectivity index (χ1n) is 7.97. The average molecular weight is 313 g/mol. The van der Waals surface area contributed by atoms with Crippen LogP contribution in [0.4, 0.5) is 5.69 Å². The number of amides is 1. The first-order chi connectivity index (χ1) is 10.4. The topological polar surface area (TPSA) is 29.1 Å². The van der Waals surface area contributed by atoms with Crippen molar-refractivity contribution in [1.82, 2.24) is 0 Å². The third kappa shape index (κ3) is 3.09. The molecule has 0 saturated heterocycles. The molecule has 1 aromatic carbocycles. The summed E-state index contributed by atoms with van der Waals surface area (Å²) >= 11 is 1.66. The van der Waals surface area contributed by atoms with Crippen molar-refractivity contribution in [2.45, 2.75) is 51.9 Å². The predicted molar refractivity (Wildman–Crippen MR) is 94.1 cm³/mol. The molecule has 0 fully saturated rings. The highest BCUT2D eigenvalue weighted by Gasteiger charge is 2.21. The molecule has 1 amide bonds. The van der Waals surface area contributed by atoms with Crippen molar-refractivity contribution in [3.8, 4) is 0 Å². The Hall–Kier alpha value is -1.61. The van der Waals surface area contributed by atoms with Crippen molar-refractivity contribution in [1.29, 1.82) is 0 Å². The monoisotopic (exact) mass is 313 g/mol. The zero-order valence-electron chi connectivity index (χ0n) is 13.5. The molecule has 3 rings (SSSR count). The van der Waals surface area contributed by atoms with Crippen LogP contribution in [0.3, 0.4) is 0 Å². The van der Waals surface area contributed by atoms with Gasteiger partial charge in [0.05, 0.1) is 4.88 Å². The molecular weight excluding hydrogens is 290 g/mol. The van der Waals surface area contributed by atoms with Crippen LogP contribution >= 0.6 is 11.3 Å². The number of thiophene rings is 1. The van der Waals surface area contributed by atoms with E-state index in [2.05, 4.69) is 38.2 Å². The first kappa shape index (κ1) is 15.3. The van der Waals surface area contributed by atoms with Gasteiger partial charge in [0.25, 0.3) is 5.91 Å². The lowest BCUT2D eigenvalue weighted by atomic mass is 9.86. The standard InChI is InChI=1S/C19H23NOS/c1-19(2,3)14-9-5-6-10-15(14)20-18(21)17-12-13-8-4-7-11-16(13)22-17/h5-6,9-10,12H,4,7-8,11H2,1-3H3,(H,20,21). The zero-order valence-corrected chi connectivity index (χ0v) is 14.3. The second-order valence-corrected chi connectivity index (χ2v) is 8.15. The van der Waals surface area contributed by atoms with Crippen LogP contribution in [0.15, 0.2) is 30.3 Å². The Labute approximate surface area is 136 Å². The molecular formula is C19H23NOS. The van der Waals surface area contributed by atoms with Crippen LogP contribution in [0, 0.1) is 0 Å². The summed E-state index contributed by atoms with van der Waals surface area (Å²) in [7, 11) is 0. The minimum Gasteiger partial charge on any atom is -0.321 e. The molecule has 22 heavy (non-hydrogen) atoms. The van der Waals surface area contributed by atoms with Gasteiger partial charge in [-0.2, -0.15) is 0 Å². The Morgan fingerprint density at radius 1 is 1.14 bits per heavy atom. The number of fused-ring (bicyclic) bond motifs is 1. The van der Waals surface area contributed by atoms with E-state index in [-0.39, 0.29) is 11.3 Å². The summed E-state index contributed by atoms with van der Waals surface area (Å²) in [5, 5.41) is 3.11. The number of aryl methyl sites for hydroxylation is 2. The van der Waals surface area contributed by atoms with Gasteiger partial charge in [-0.05, 0) is 54.4 Å². The van der Waals surface area contributed by atoms with Crippen LogP contribution < -0.4 is 5.32 Å². The molecule has 0 radical (unpaired) electrons. The van der Waals surface area contributed by atoms with Crippen molar-refractivity contribution in [3.05, 3.63) is 51.2 Å². The van der Waals surface area contributed by atoms with Crippen LogP contribution in [-0.4, -0.2) is 5.91 Å². The third-order valence-corrected chi connectivity index (χ3v) is 5.44. The van der Waals surface area contributed by atoms with E-state index in [1.165, 1.54) is 28.8 Å². The summed E-state index contributed by atoms with van der Waals surface area (Å²) in [6.07, 6.45) is 4.75. The fourth-order valence-electron chi connectivity index (χ4n) is 3.03. The molecule has 2 aromatic rings. The Morgan fingerprint density at radius 3 is 2.59 bits per heavy atom. The number of hydrogen-bond acceptors (Lipinski definition) is 2. The summed E-state index contributed by atoms with van der Waals surface area (Å²) in [6.45, 7) is 6.51. The number of para-hydroxylation sites is 1. The number of benzene rings is 1. The minimum atomic E-state index is 0.0125. The molecule has 1 N–H and O–H groups in total. The van der Waals surface area contributed by atoms with Crippen molar-refractivity contribution in [2.75, 3.05) is 5.32 Å². The molecule has 0 aliphatic heterocycles. The van der Waals surface area contributed by atoms with Crippen LogP contribution in [0.25, 0.3) is 0 Å². The molecule has 0 unspecified atom stereocenters. The number of hydrogen-bond donors (Lipinski definition) is 1. The summed E-state index contributed by atoms with van der Waals surface area (Å²) in [4.78, 5) is 14.9. The molecule has 116 valence electrons. The van der Waals surface area contributed by atoms with Crippen molar-refractivity contribution < 1.29 is 4.79 Å². The molecule has 1 aromatic heterocycles. The molecule has 0 bridgehead atoms. The number of anilines is 1. The van der Waals surface area contributed by atoms with Gasteiger partial charge in [-0.15, -0.1) is 11.3 Å². The number of carbonyl (C=O) groups is 1. The van der Waals surface area contributed by atoms with Gasteiger partial charge < -0.3 is 5.32 Å². The lowest BCUT2D eigenvalue weighted by Crippen LogP contribution is -2.18. The van der Waals surface area contributed by atoms with Crippen LogP contribution in [-0.2, 0) is 18.3 Å². The van der Waals surface area contributed by atoms with E-state index in [1.807, 2.05) is 18.2 Å². The maximum absolute atomic E-state index is 12.6. The van der Waals surface area contributed by atoms with E-state index in [0.717, 1.165) is 23.4 Å². The minimum absolute atomic E-state index is 0.0125. The summed E-state index contributed by atoms with van der Waals surface area (Å²) in [5.41, 5.74) is 3.49. The van der Waals surface area contributed by atoms with Crippen LogP contribution in [0.2, 0.25) is 0 Å². The highest BCUT2D eigenvalue weighted by Crippen LogP contribution is 2.32. The summed E-state index contributed by atoms with van der Waals surface area (Å²) in [5.74, 6) is 0.0242. The van der Waals surface area contributed by atoms with Gasteiger partial charge in [0.2, 0.25) is 0 Å². The van der Waals surface area contributed by atoms with Crippen molar-refractivity contribution in [2.24, 2.45) is 0 Å². The predicted octanol–water partition coefficient (Wildman–Crippen LogP) is 5.18. The van der Waals surface area contributed by atoms with Crippen molar-refractivity contribution in [3.63, 3.8) is 0 Å². The Kier molecular flexibility index (Phi) is 4.09. The first-order valence-corrected chi connectivity index (χ1v) is 8.79. The molecule has 0 atom stereocenters. The Bertz CT molecular complexity index is 670. The van der Waals surface area contributed by atoms with E-state index in [4.69, 9.17) is 0 Å². The lowest BCUT2D eigenvalue weighted by molar-refractivity contribution is 0.103. The Balaban J connectivity index is 1.84. The van der Waals surface area contributed by atoms with Crippen LogP contribution in [0.5, 0.6) is 0 Å². The smallest absolute Gasteiger partial charge is 0.265 e. The van der Waals surface area contributed by atoms with Gasteiger partial charge in [-0.3, -0.25) is 4.79 Å². The number of rotatable bonds is 2. The Morgan fingerprint density at radius 2 is 1.86 bits per heavy atom. The third-order valence-electron chi connectivity index (χ3n) is 4.20. The second-order valence-electron chi connectivity index (χ2n) is 7.02. The average Bonchev–Trinajstić information content (AvgIpc) is 2.90. The SMILES string of the molecule is CC(C)(C)c1ccccc1NC(=O)c1cc2c(s1)CCCC2. The van der Waals surface area contributed by atoms with Crippen LogP contribution in [0.1, 0.15) is 59.3 Å². The van der Waals surface area contributed by atoms with Gasteiger partial charge in [-0.25, -0.2) is 0 Å². The summed E-state index contributed by atoms with van der Waals surface area (Å²) < 4.78 is 0. The van der Waals surface area contributed by atoms with Gasteiger partial charge in [0.1, 0.15) is 0 Å². The zero-order chi connectivity index (χ0) is 15.7. The summed E-state index contributed by atoms with van der Waals surface area (Å²) in [6, 6.07) is 10.2. The van der Waals surface area contributed by atoms with Crippen molar-refractivity contribution >= 4 is 22.9 Å². The molecule has 2 nitrogen and oxygen atoms in total. The highest BCUT2D eigenvalue weighted by atomic mass is 32.1. The molecule has 1 aliphatic carbocycles. The van der Waals surface area contributed by atoms with E-state index in [1.54, 1.807) is 11.3 Å². The molecule has 0 spiro atoms. The van der Waals surface area contributed by atoms with E-state index in [0.29, 0.717) is 0 Å². The number of carbonyl (C=O) groups excluding carboxylic acids is 1. The fourth-order valence-corrected chi connectivity index (χ4v) is 4.18. The fraction of sp³-hybridized carbons (Fsp3) is 0.421. The normalized spacial score (nSPS) is 14.5.